The Bertz CT molecular complexity index is 2480. The van der Waals surface area contributed by atoms with Gasteiger partial charge in [0.2, 0.25) is 0 Å². The van der Waals surface area contributed by atoms with Gasteiger partial charge in [-0.05, 0) is 64.0 Å². The van der Waals surface area contributed by atoms with Crippen molar-refractivity contribution in [3.8, 4) is 33.4 Å². The monoisotopic (exact) mass is 613 g/mol. The minimum Gasteiger partial charge on any atom is -0.455 e. The van der Waals surface area contributed by atoms with Crippen LogP contribution in [0, 0.1) is 0 Å². The highest BCUT2D eigenvalue weighted by Gasteiger charge is 2.21. The van der Waals surface area contributed by atoms with Crippen molar-refractivity contribution in [2.24, 2.45) is 0 Å². The Balaban J connectivity index is 1.28. The molecule has 0 bridgehead atoms. The average molecular weight is 614 g/mol. The van der Waals surface area contributed by atoms with E-state index in [1.807, 2.05) is 0 Å². The maximum atomic E-state index is 6.83. The molecule has 0 aliphatic carbocycles. The van der Waals surface area contributed by atoms with E-state index in [-0.39, 0.29) is 0 Å². The first-order chi connectivity index (χ1) is 23.8. The Kier molecular flexibility index (Phi) is 6.84. The zero-order valence-electron chi connectivity index (χ0n) is 26.3. The van der Waals surface area contributed by atoms with Gasteiger partial charge in [0, 0.05) is 38.7 Å². The molecule has 0 aliphatic rings. The molecule has 0 saturated carbocycles. The van der Waals surface area contributed by atoms with Crippen molar-refractivity contribution in [3.05, 3.63) is 188 Å². The van der Waals surface area contributed by atoms with Crippen molar-refractivity contribution in [2.45, 2.75) is 0 Å². The highest BCUT2D eigenvalue weighted by molar-refractivity contribution is 6.17. The van der Waals surface area contributed by atoms with E-state index in [4.69, 9.17) is 4.42 Å². The van der Waals surface area contributed by atoms with E-state index in [1.165, 1.54) is 27.6 Å². The van der Waals surface area contributed by atoms with Crippen LogP contribution in [0.25, 0.3) is 66.1 Å². The number of benzene rings is 8. The lowest BCUT2D eigenvalue weighted by atomic mass is 9.98. The summed E-state index contributed by atoms with van der Waals surface area (Å²) in [5.41, 5.74) is 11.9. The molecule has 0 radical (unpaired) electrons. The number of rotatable bonds is 6. The van der Waals surface area contributed by atoms with Crippen LogP contribution in [0.15, 0.2) is 192 Å². The molecule has 9 aromatic rings. The molecule has 9 rings (SSSR count). The molecule has 0 saturated heterocycles. The summed E-state index contributed by atoms with van der Waals surface area (Å²) in [7, 11) is 0. The Labute approximate surface area is 279 Å². The summed E-state index contributed by atoms with van der Waals surface area (Å²) in [4.78, 5) is 2.38. The molecular weight excluding hydrogens is 583 g/mol. The smallest absolute Gasteiger partial charge is 0.143 e. The van der Waals surface area contributed by atoms with Crippen LogP contribution < -0.4 is 4.90 Å². The molecule has 0 spiro atoms. The van der Waals surface area contributed by atoms with Gasteiger partial charge in [0.1, 0.15) is 11.2 Å². The average Bonchev–Trinajstić information content (AvgIpc) is 3.56. The van der Waals surface area contributed by atoms with Crippen molar-refractivity contribution in [3.63, 3.8) is 0 Å². The van der Waals surface area contributed by atoms with Crippen molar-refractivity contribution >= 4 is 49.8 Å². The second kappa shape index (κ2) is 11.8. The minimum absolute atomic E-state index is 0.896. The third kappa shape index (κ3) is 4.83. The summed E-state index contributed by atoms with van der Waals surface area (Å²) < 4.78 is 6.83. The Hall–Kier alpha value is -6.38. The van der Waals surface area contributed by atoms with Crippen LogP contribution in [0.1, 0.15) is 0 Å². The van der Waals surface area contributed by atoms with Gasteiger partial charge < -0.3 is 9.32 Å². The van der Waals surface area contributed by atoms with Crippen LogP contribution in [0.3, 0.4) is 0 Å². The van der Waals surface area contributed by atoms with Crippen molar-refractivity contribution in [2.75, 3.05) is 4.90 Å². The lowest BCUT2D eigenvalue weighted by molar-refractivity contribution is 0.674. The molecule has 2 heteroatoms. The Morgan fingerprint density at radius 1 is 0.333 bits per heavy atom. The lowest BCUT2D eigenvalue weighted by Crippen LogP contribution is -2.11. The molecule has 0 amide bonds. The summed E-state index contributed by atoms with van der Waals surface area (Å²) in [6.07, 6.45) is 0. The predicted octanol–water partition coefficient (Wildman–Crippen LogP) is 13.2. The first-order valence-electron chi connectivity index (χ1n) is 16.4. The van der Waals surface area contributed by atoms with Gasteiger partial charge in [0.15, 0.2) is 0 Å². The molecule has 8 aromatic carbocycles. The zero-order chi connectivity index (χ0) is 31.9. The van der Waals surface area contributed by atoms with Crippen LogP contribution in [-0.2, 0) is 0 Å². The quantitative estimate of drug-likeness (QED) is 0.185. The molecule has 2 nitrogen and oxygen atoms in total. The van der Waals surface area contributed by atoms with Gasteiger partial charge in [-0.2, -0.15) is 0 Å². The molecule has 0 unspecified atom stereocenters. The molecule has 1 aromatic heterocycles. The fourth-order valence-corrected chi connectivity index (χ4v) is 6.97. The van der Waals surface area contributed by atoms with Gasteiger partial charge in [-0.3, -0.25) is 0 Å². The molecule has 226 valence electrons. The summed E-state index contributed by atoms with van der Waals surface area (Å²) in [6.45, 7) is 0. The fraction of sp³-hybridized carbons (Fsp3) is 0. The van der Waals surface area contributed by atoms with E-state index in [2.05, 4.69) is 193 Å². The van der Waals surface area contributed by atoms with Gasteiger partial charge >= 0.3 is 0 Å². The van der Waals surface area contributed by atoms with E-state index in [9.17, 15) is 0 Å². The van der Waals surface area contributed by atoms with E-state index >= 15 is 0 Å². The predicted molar refractivity (Wildman–Crippen MR) is 202 cm³/mol. The Morgan fingerprint density at radius 2 is 0.854 bits per heavy atom. The van der Waals surface area contributed by atoms with E-state index in [0.29, 0.717) is 0 Å². The summed E-state index contributed by atoms with van der Waals surface area (Å²) in [5, 5.41) is 4.55. The van der Waals surface area contributed by atoms with Crippen LogP contribution in [0.4, 0.5) is 17.1 Å². The van der Waals surface area contributed by atoms with Crippen LogP contribution in [0.5, 0.6) is 0 Å². The number of hydrogen-bond acceptors (Lipinski definition) is 2. The van der Waals surface area contributed by atoms with E-state index < -0.39 is 0 Å². The first kappa shape index (κ1) is 27.9. The van der Waals surface area contributed by atoms with Crippen LogP contribution >= 0.6 is 0 Å². The maximum absolute atomic E-state index is 6.83. The lowest BCUT2D eigenvalue weighted by Gasteiger charge is -2.28. The number of nitrogens with zero attached hydrogens (tertiary/aromatic N) is 1. The van der Waals surface area contributed by atoms with E-state index in [1.54, 1.807) is 0 Å². The summed E-state index contributed by atoms with van der Waals surface area (Å²) >= 11 is 0. The van der Waals surface area contributed by atoms with Gasteiger partial charge in [-0.15, -0.1) is 0 Å². The highest BCUT2D eigenvalue weighted by atomic mass is 16.3. The molecular formula is C46H31NO. The minimum atomic E-state index is 0.896. The molecule has 0 atom stereocenters. The van der Waals surface area contributed by atoms with Crippen LogP contribution in [-0.4, -0.2) is 0 Å². The van der Waals surface area contributed by atoms with Gasteiger partial charge in [0.05, 0.1) is 5.69 Å². The number of anilines is 3. The third-order valence-corrected chi connectivity index (χ3v) is 9.25. The molecule has 0 fully saturated rings. The first-order valence-corrected chi connectivity index (χ1v) is 16.4. The van der Waals surface area contributed by atoms with Crippen molar-refractivity contribution < 1.29 is 4.42 Å². The zero-order valence-corrected chi connectivity index (χ0v) is 26.3. The topological polar surface area (TPSA) is 16.4 Å². The number of fused-ring (bicyclic) bond motifs is 5. The molecule has 0 aliphatic heterocycles. The largest absolute Gasteiger partial charge is 0.455 e. The number of furan rings is 1. The molecule has 48 heavy (non-hydrogen) atoms. The van der Waals surface area contributed by atoms with Gasteiger partial charge in [-0.25, -0.2) is 0 Å². The van der Waals surface area contributed by atoms with Crippen molar-refractivity contribution in [1.29, 1.82) is 0 Å². The van der Waals surface area contributed by atoms with Crippen LogP contribution in [0.2, 0.25) is 0 Å². The fourth-order valence-electron chi connectivity index (χ4n) is 6.97. The standard InChI is InChI=1S/C46H31NO/c1-3-14-32(15-4-1)35-19-11-21-37(30-35)47(38-22-12-20-36(31-38)33-16-5-2-6-17-33)44-27-10-9-24-40(44)41-25-13-26-42-43-29-28-34-18-7-8-23-39(34)45(43)48-46(41)42/h1-31H. The molecule has 0 N–H and O–H groups in total. The number of para-hydroxylation sites is 2. The SMILES string of the molecule is c1ccc(-c2cccc(N(c3cccc(-c4ccccc4)c3)c3ccccc3-c3cccc4c3oc3c5ccccc5ccc43)c2)cc1. The summed E-state index contributed by atoms with van der Waals surface area (Å²) in [5.74, 6) is 0. The van der Waals surface area contributed by atoms with E-state index in [0.717, 1.165) is 55.5 Å². The second-order valence-electron chi connectivity index (χ2n) is 12.1. The molecule has 1 heterocycles. The number of hydrogen-bond donors (Lipinski definition) is 0. The highest BCUT2D eigenvalue weighted by Crippen LogP contribution is 2.46. The van der Waals surface area contributed by atoms with Gasteiger partial charge in [0.25, 0.3) is 0 Å². The third-order valence-electron chi connectivity index (χ3n) is 9.25. The Morgan fingerprint density at radius 3 is 1.56 bits per heavy atom. The normalized spacial score (nSPS) is 11.3. The maximum Gasteiger partial charge on any atom is 0.143 e. The van der Waals surface area contributed by atoms with Crippen molar-refractivity contribution in [1.82, 2.24) is 0 Å². The summed E-state index contributed by atoms with van der Waals surface area (Å²) in [6, 6.07) is 66.8. The second-order valence-corrected chi connectivity index (χ2v) is 12.1. The van der Waals surface area contributed by atoms with Gasteiger partial charge in [-0.1, -0.05) is 152 Å².